The number of piperidine rings is 1. The van der Waals surface area contributed by atoms with Gasteiger partial charge in [0.2, 0.25) is 5.91 Å². The van der Waals surface area contributed by atoms with Crippen LogP contribution in [0.5, 0.6) is 11.5 Å². The Kier molecular flexibility index (Phi) is 5.49. The average Bonchev–Trinajstić information content (AvgIpc) is 2.65. The molecule has 1 amide bonds. The molecule has 2 aliphatic rings. The summed E-state index contributed by atoms with van der Waals surface area (Å²) >= 11 is 0. The van der Waals surface area contributed by atoms with E-state index in [1.165, 1.54) is 0 Å². The third kappa shape index (κ3) is 3.90. The Morgan fingerprint density at radius 3 is 2.60 bits per heavy atom. The molecule has 6 heteroatoms. The maximum Gasteiger partial charge on any atom is 0.232 e. The minimum Gasteiger partial charge on any atom is -0.486 e. The number of hydrogen-bond donors (Lipinski definition) is 1. The zero-order valence-electron chi connectivity index (χ0n) is 15.0. The molecule has 0 radical (unpaired) electrons. The van der Waals surface area contributed by atoms with E-state index in [1.807, 2.05) is 36.9 Å². The second kappa shape index (κ2) is 7.62. The molecule has 0 aliphatic carbocycles. The van der Waals surface area contributed by atoms with E-state index in [-0.39, 0.29) is 18.6 Å². The van der Waals surface area contributed by atoms with Gasteiger partial charge in [-0.15, -0.1) is 0 Å². The van der Waals surface area contributed by atoms with Crippen molar-refractivity contribution in [3.8, 4) is 11.5 Å². The average molecular weight is 349 g/mol. The number of benzene rings is 1. The highest BCUT2D eigenvalue weighted by molar-refractivity contribution is 5.87. The molecule has 1 aromatic carbocycles. The van der Waals surface area contributed by atoms with E-state index in [4.69, 9.17) is 19.3 Å². The largest absolute Gasteiger partial charge is 0.486 e. The summed E-state index contributed by atoms with van der Waals surface area (Å²) in [5.74, 6) is 1.56. The highest BCUT2D eigenvalue weighted by Gasteiger charge is 2.36. The Hall–Kier alpha value is -1.79. The van der Waals surface area contributed by atoms with Gasteiger partial charge < -0.3 is 24.2 Å². The number of ether oxygens (including phenoxy) is 3. The number of aliphatic hydroxyl groups excluding tert-OH is 1. The number of hydrogen-bond acceptors (Lipinski definition) is 5. The van der Waals surface area contributed by atoms with E-state index in [1.54, 1.807) is 0 Å². The molecule has 1 fully saturated rings. The van der Waals surface area contributed by atoms with E-state index in [9.17, 15) is 4.79 Å². The minimum atomic E-state index is -0.630. The normalized spacial score (nSPS) is 18.3. The lowest BCUT2D eigenvalue weighted by Crippen LogP contribution is -2.48. The molecule has 6 nitrogen and oxygen atoms in total. The number of rotatable bonds is 5. The lowest BCUT2D eigenvalue weighted by Gasteiger charge is -2.37. The lowest BCUT2D eigenvalue weighted by molar-refractivity contribution is -0.139. The molecule has 2 heterocycles. The molecule has 0 unspecified atom stereocenters. The Morgan fingerprint density at radius 2 is 1.92 bits per heavy atom. The van der Waals surface area contributed by atoms with Gasteiger partial charge in [-0.25, -0.2) is 0 Å². The molecular weight excluding hydrogens is 322 g/mol. The topological polar surface area (TPSA) is 68.2 Å². The highest BCUT2D eigenvalue weighted by Crippen LogP contribution is 2.36. The van der Waals surface area contributed by atoms with Gasteiger partial charge in [0.1, 0.15) is 13.2 Å². The van der Waals surface area contributed by atoms with Crippen LogP contribution in [-0.2, 0) is 14.9 Å². The van der Waals surface area contributed by atoms with E-state index >= 15 is 0 Å². The molecule has 0 saturated carbocycles. The summed E-state index contributed by atoms with van der Waals surface area (Å²) in [6, 6.07) is 5.75. The summed E-state index contributed by atoms with van der Waals surface area (Å²) in [5, 5.41) is 8.85. The van der Waals surface area contributed by atoms with Crippen molar-refractivity contribution in [1.82, 2.24) is 4.90 Å². The van der Waals surface area contributed by atoms with Crippen molar-refractivity contribution in [3.05, 3.63) is 23.8 Å². The number of carbonyl (C=O) groups excluding carboxylic acids is 1. The zero-order valence-corrected chi connectivity index (χ0v) is 15.0. The fourth-order valence-electron chi connectivity index (χ4n) is 3.40. The number of amides is 1. The van der Waals surface area contributed by atoms with Crippen LogP contribution in [0.1, 0.15) is 32.3 Å². The summed E-state index contributed by atoms with van der Waals surface area (Å²) in [5.41, 5.74) is 0.301. The molecule has 3 rings (SSSR count). The Morgan fingerprint density at radius 1 is 1.24 bits per heavy atom. The van der Waals surface area contributed by atoms with Crippen LogP contribution in [0.4, 0.5) is 0 Å². The minimum absolute atomic E-state index is 0.0380. The molecule has 2 aliphatic heterocycles. The van der Waals surface area contributed by atoms with E-state index in [0.29, 0.717) is 38.7 Å². The Balaban J connectivity index is 1.67. The summed E-state index contributed by atoms with van der Waals surface area (Å²) < 4.78 is 16.8. The number of likely N-dealkylation sites (tertiary alicyclic amines) is 1. The van der Waals surface area contributed by atoms with Crippen LogP contribution in [0.2, 0.25) is 0 Å². The lowest BCUT2D eigenvalue weighted by atomic mass is 9.82. The predicted molar refractivity (Wildman–Crippen MR) is 93.1 cm³/mol. The van der Waals surface area contributed by atoms with Crippen LogP contribution in [0.15, 0.2) is 18.2 Å². The first-order chi connectivity index (χ1) is 12.0. The Bertz CT molecular complexity index is 608. The van der Waals surface area contributed by atoms with Gasteiger partial charge in [-0.2, -0.15) is 0 Å². The van der Waals surface area contributed by atoms with Crippen LogP contribution in [0.25, 0.3) is 0 Å². The van der Waals surface area contributed by atoms with Crippen molar-refractivity contribution in [2.45, 2.75) is 38.2 Å². The third-order valence-electron chi connectivity index (χ3n) is 4.97. The first-order valence-electron chi connectivity index (χ1n) is 8.94. The molecule has 138 valence electrons. The number of carbonyl (C=O) groups is 1. The highest BCUT2D eigenvalue weighted by atomic mass is 16.6. The van der Waals surface area contributed by atoms with Gasteiger partial charge in [-0.1, -0.05) is 6.07 Å². The predicted octanol–water partition coefficient (Wildman–Crippen LogP) is 1.74. The van der Waals surface area contributed by atoms with Gasteiger partial charge >= 0.3 is 0 Å². The summed E-state index contributed by atoms with van der Waals surface area (Å²) in [7, 11) is 0. The zero-order chi connectivity index (χ0) is 17.9. The maximum atomic E-state index is 13.1. The second-order valence-corrected chi connectivity index (χ2v) is 7.07. The molecule has 1 saturated heterocycles. The maximum absolute atomic E-state index is 13.1. The molecule has 0 atom stereocenters. The molecule has 0 spiro atoms. The standard InChI is InChI=1S/C19H27NO5/c1-19(2,14-3-4-16-17(13-14)25-12-11-24-16)18(22)20-7-5-15(6-8-20)23-10-9-21/h3-4,13,15,21H,5-12H2,1-2H3. The second-order valence-electron chi connectivity index (χ2n) is 7.07. The Labute approximate surface area is 148 Å². The van der Waals surface area contributed by atoms with Crippen molar-refractivity contribution in [3.63, 3.8) is 0 Å². The van der Waals surface area contributed by atoms with Crippen LogP contribution in [0, 0.1) is 0 Å². The number of aliphatic hydroxyl groups is 1. The van der Waals surface area contributed by atoms with E-state index in [0.717, 1.165) is 24.2 Å². The summed E-state index contributed by atoms with van der Waals surface area (Å²) in [6.07, 6.45) is 1.75. The fourth-order valence-corrected chi connectivity index (χ4v) is 3.40. The van der Waals surface area contributed by atoms with Gasteiger partial charge in [0.15, 0.2) is 11.5 Å². The van der Waals surface area contributed by atoms with Gasteiger partial charge in [0.25, 0.3) is 0 Å². The van der Waals surface area contributed by atoms with Crippen molar-refractivity contribution in [2.24, 2.45) is 0 Å². The van der Waals surface area contributed by atoms with Crippen LogP contribution in [0.3, 0.4) is 0 Å². The van der Waals surface area contributed by atoms with Crippen LogP contribution >= 0.6 is 0 Å². The molecule has 1 N–H and O–H groups in total. The molecule has 0 aromatic heterocycles. The van der Waals surface area contributed by atoms with Crippen molar-refractivity contribution >= 4 is 5.91 Å². The van der Waals surface area contributed by atoms with Gasteiger partial charge in [0, 0.05) is 13.1 Å². The van der Waals surface area contributed by atoms with Crippen LogP contribution in [-0.4, -0.2) is 61.5 Å². The number of nitrogens with zero attached hydrogens (tertiary/aromatic N) is 1. The van der Waals surface area contributed by atoms with E-state index < -0.39 is 5.41 Å². The van der Waals surface area contributed by atoms with Crippen molar-refractivity contribution in [1.29, 1.82) is 0 Å². The number of fused-ring (bicyclic) bond motifs is 1. The third-order valence-corrected chi connectivity index (χ3v) is 4.97. The van der Waals surface area contributed by atoms with E-state index in [2.05, 4.69) is 0 Å². The first kappa shape index (κ1) is 18.0. The quantitative estimate of drug-likeness (QED) is 0.877. The summed E-state index contributed by atoms with van der Waals surface area (Å²) in [6.45, 7) is 6.77. The van der Waals surface area contributed by atoms with Gasteiger partial charge in [-0.05, 0) is 44.4 Å². The summed E-state index contributed by atoms with van der Waals surface area (Å²) in [4.78, 5) is 15.0. The van der Waals surface area contributed by atoms with Crippen molar-refractivity contribution in [2.75, 3.05) is 39.5 Å². The van der Waals surface area contributed by atoms with Crippen molar-refractivity contribution < 1.29 is 24.1 Å². The van der Waals surface area contributed by atoms with Gasteiger partial charge in [-0.3, -0.25) is 4.79 Å². The van der Waals surface area contributed by atoms with Gasteiger partial charge in [0.05, 0.1) is 24.7 Å². The van der Waals surface area contributed by atoms with Crippen LogP contribution < -0.4 is 9.47 Å². The molecule has 25 heavy (non-hydrogen) atoms. The molecular formula is C19H27NO5. The fraction of sp³-hybridized carbons (Fsp3) is 0.632. The smallest absolute Gasteiger partial charge is 0.232 e. The molecule has 0 bridgehead atoms. The molecule has 1 aromatic rings. The SMILES string of the molecule is CC(C)(C(=O)N1CCC(OCCO)CC1)c1ccc2c(c1)OCCO2. The monoisotopic (exact) mass is 349 g/mol. The first-order valence-corrected chi connectivity index (χ1v) is 8.94.